The van der Waals surface area contributed by atoms with Gasteiger partial charge in [-0.15, -0.1) is 0 Å². The van der Waals surface area contributed by atoms with Gasteiger partial charge >= 0.3 is 135 Å². The molecule has 0 spiro atoms. The van der Waals surface area contributed by atoms with Crippen molar-refractivity contribution < 1.29 is 0 Å². The average Bonchev–Trinajstić information content (AvgIpc) is 2.62. The number of hydrogen-bond donors (Lipinski definition) is 0. The van der Waals surface area contributed by atoms with Gasteiger partial charge in [0, 0.05) is 0 Å². The molecule has 0 radical (unpaired) electrons. The fourth-order valence-electron chi connectivity index (χ4n) is 2.78. The fraction of sp³-hybridized carbons (Fsp3) is 0. The zero-order valence-electron chi connectivity index (χ0n) is 12.0. The number of nitrogens with zero attached hydrogens (tertiary/aromatic N) is 3. The van der Waals surface area contributed by atoms with Crippen LogP contribution in [0.2, 0.25) is 0 Å². The van der Waals surface area contributed by atoms with Crippen molar-refractivity contribution >= 4 is 30.8 Å². The molecule has 0 aliphatic heterocycles. The molecule has 0 aliphatic carbocycles. The molecule has 0 N–H and O–H groups in total. The first-order valence-corrected chi connectivity index (χ1v) is 14.7. The van der Waals surface area contributed by atoms with Crippen LogP contribution in [0, 0.1) is 0 Å². The third kappa shape index (κ3) is 2.65. The van der Waals surface area contributed by atoms with Crippen LogP contribution in [0.4, 0.5) is 0 Å². The Labute approximate surface area is 135 Å². The van der Waals surface area contributed by atoms with Gasteiger partial charge in [-0.3, -0.25) is 0 Å². The molecule has 22 heavy (non-hydrogen) atoms. The monoisotopic (exact) mass is 481 g/mol. The molecule has 4 heteroatoms. The van der Waals surface area contributed by atoms with Gasteiger partial charge in [-0.25, -0.2) is 0 Å². The van der Waals surface area contributed by atoms with Crippen molar-refractivity contribution in [2.24, 2.45) is 2.92 Å². The summed E-state index contributed by atoms with van der Waals surface area (Å²) >= 11 is -3.83. The van der Waals surface area contributed by atoms with Crippen molar-refractivity contribution in [3.63, 3.8) is 0 Å². The van der Waals surface area contributed by atoms with Crippen molar-refractivity contribution in [3.8, 4) is 0 Å². The number of azide groups is 1. The Morgan fingerprint density at radius 3 is 1.18 bits per heavy atom. The summed E-state index contributed by atoms with van der Waals surface area (Å²) in [6.45, 7) is 0. The molecule has 0 heterocycles. The Kier molecular flexibility index (Phi) is 4.56. The van der Waals surface area contributed by atoms with Gasteiger partial charge < -0.3 is 0 Å². The molecule has 3 aromatic rings. The molecule has 0 amide bonds. The molecule has 0 atom stereocenters. The van der Waals surface area contributed by atoms with E-state index in [1.54, 1.807) is 0 Å². The standard InChI is InChI=1S/3C6H5.N3.Pb/c3*1-2-4-6-5-3-1;1-3-2;/h3*1-5H;;/q;;;-1;+1. The number of hydrogen-bond acceptors (Lipinski definition) is 1. The van der Waals surface area contributed by atoms with Crippen LogP contribution in [0.25, 0.3) is 10.4 Å². The Bertz CT molecular complexity index is 686. The van der Waals surface area contributed by atoms with Crippen LogP contribution >= 0.6 is 0 Å². The molecular weight excluding hydrogens is 465 g/mol. The second-order valence-corrected chi connectivity index (χ2v) is 18.0. The van der Waals surface area contributed by atoms with E-state index in [0.29, 0.717) is 0 Å². The Morgan fingerprint density at radius 1 is 0.591 bits per heavy atom. The van der Waals surface area contributed by atoms with Crippen molar-refractivity contribution in [2.45, 2.75) is 0 Å². The number of rotatable bonds is 4. The minimum absolute atomic E-state index is 1.17. The molecule has 3 rings (SSSR count). The third-order valence-electron chi connectivity index (χ3n) is 3.77. The Balaban J connectivity index is 2.37. The molecule has 3 aromatic carbocycles. The van der Waals surface area contributed by atoms with E-state index in [0.717, 1.165) is 0 Å². The van der Waals surface area contributed by atoms with Gasteiger partial charge in [0.2, 0.25) is 0 Å². The van der Waals surface area contributed by atoms with E-state index in [9.17, 15) is 5.53 Å². The quantitative estimate of drug-likeness (QED) is 0.239. The van der Waals surface area contributed by atoms with E-state index in [1.165, 1.54) is 9.37 Å². The maximum atomic E-state index is 9.30. The molecule has 0 aliphatic rings. The van der Waals surface area contributed by atoms with Crippen LogP contribution in [0.3, 0.4) is 0 Å². The summed E-state index contributed by atoms with van der Waals surface area (Å²) in [6.07, 6.45) is 0. The average molecular weight is 481 g/mol. The van der Waals surface area contributed by atoms with E-state index in [4.69, 9.17) is 0 Å². The summed E-state index contributed by atoms with van der Waals surface area (Å²) in [5.74, 6) is 0. The summed E-state index contributed by atoms with van der Waals surface area (Å²) < 4.78 is 7.98. The molecule has 0 saturated heterocycles. The second-order valence-electron chi connectivity index (χ2n) is 5.00. The predicted octanol–water partition coefficient (Wildman–Crippen LogP) is 2.96. The van der Waals surface area contributed by atoms with Crippen LogP contribution in [0.1, 0.15) is 0 Å². The van der Waals surface area contributed by atoms with Crippen LogP contribution in [-0.4, -0.2) is 21.5 Å². The third-order valence-corrected chi connectivity index (χ3v) is 18.9. The Hall–Kier alpha value is -2.11. The SMILES string of the molecule is [N-]=[N+]=[N][Pb]([c]1ccccc1)([c]1ccccc1)[c]1ccccc1. The molecular formula is C18H15N3Pb. The minimum atomic E-state index is -3.83. The van der Waals surface area contributed by atoms with Crippen molar-refractivity contribution in [3.05, 3.63) is 101 Å². The van der Waals surface area contributed by atoms with Gasteiger partial charge in [-0.1, -0.05) is 0 Å². The Morgan fingerprint density at radius 2 is 0.909 bits per heavy atom. The van der Waals surface area contributed by atoms with E-state index in [1.807, 2.05) is 54.6 Å². The summed E-state index contributed by atoms with van der Waals surface area (Å²) in [6, 6.07) is 30.6. The van der Waals surface area contributed by atoms with E-state index in [2.05, 4.69) is 44.2 Å². The normalized spacial score (nSPS) is 10.7. The van der Waals surface area contributed by atoms with Gasteiger partial charge in [-0.2, -0.15) is 0 Å². The van der Waals surface area contributed by atoms with E-state index >= 15 is 0 Å². The van der Waals surface area contributed by atoms with Gasteiger partial charge in [0.25, 0.3) is 0 Å². The summed E-state index contributed by atoms with van der Waals surface area (Å²) in [5, 5.41) is 0. The maximum absolute atomic E-state index is 9.30. The fourth-order valence-corrected chi connectivity index (χ4v) is 16.4. The van der Waals surface area contributed by atoms with Gasteiger partial charge in [0.1, 0.15) is 0 Å². The molecule has 0 bridgehead atoms. The van der Waals surface area contributed by atoms with Crippen molar-refractivity contribution in [1.29, 1.82) is 0 Å². The summed E-state index contributed by atoms with van der Waals surface area (Å²) in [5.41, 5.74) is 9.30. The molecule has 3 nitrogen and oxygen atoms in total. The van der Waals surface area contributed by atoms with Crippen molar-refractivity contribution in [2.75, 3.05) is 0 Å². The zero-order chi connectivity index (χ0) is 15.3. The van der Waals surface area contributed by atoms with Gasteiger partial charge in [0.15, 0.2) is 0 Å². The van der Waals surface area contributed by atoms with Crippen LogP contribution < -0.4 is 9.37 Å². The summed E-state index contributed by atoms with van der Waals surface area (Å²) in [4.78, 5) is 3.26. The predicted molar refractivity (Wildman–Crippen MR) is 93.1 cm³/mol. The second kappa shape index (κ2) is 6.77. The molecule has 0 fully saturated rings. The van der Waals surface area contributed by atoms with Crippen LogP contribution in [-0.2, 0) is 0 Å². The van der Waals surface area contributed by atoms with E-state index in [-0.39, 0.29) is 0 Å². The molecule has 0 saturated carbocycles. The van der Waals surface area contributed by atoms with Gasteiger partial charge in [-0.05, 0) is 0 Å². The number of benzene rings is 3. The van der Waals surface area contributed by atoms with Crippen molar-refractivity contribution in [1.82, 2.24) is 0 Å². The van der Waals surface area contributed by atoms with Gasteiger partial charge in [0.05, 0.1) is 0 Å². The summed E-state index contributed by atoms with van der Waals surface area (Å²) in [7, 11) is 0. The molecule has 0 aromatic heterocycles. The van der Waals surface area contributed by atoms with E-state index < -0.39 is 21.5 Å². The first-order chi connectivity index (χ1) is 10.9. The van der Waals surface area contributed by atoms with Crippen LogP contribution in [0.15, 0.2) is 93.9 Å². The molecule has 0 unspecified atom stereocenters. The first-order valence-electron chi connectivity index (χ1n) is 7.11. The zero-order valence-corrected chi connectivity index (χ0v) is 15.9. The molecule has 106 valence electrons. The topological polar surface area (TPSA) is 48.8 Å². The van der Waals surface area contributed by atoms with Crippen LogP contribution in [0.5, 0.6) is 0 Å². The first kappa shape index (κ1) is 14.8.